The maximum Gasteiger partial charge on any atom is 0.224 e. The Kier molecular flexibility index (Phi) is 16.4. The Morgan fingerprint density at radius 3 is 2.27 bits per heavy atom. The summed E-state index contributed by atoms with van der Waals surface area (Å²) < 4.78 is 16.0. The fourth-order valence-corrected chi connectivity index (χ4v) is 3.88. The molecule has 0 atom stereocenters. The Bertz CT molecular complexity index is 992. The number of carbonyl (C=O) groups is 2. The van der Waals surface area contributed by atoms with Crippen LogP contribution in [0.1, 0.15) is 78.6 Å². The van der Waals surface area contributed by atoms with Gasteiger partial charge in [-0.15, -0.1) is 6.42 Å². The predicted octanol–water partition coefficient (Wildman–Crippen LogP) is 6.69. The van der Waals surface area contributed by atoms with Crippen LogP contribution in [0, 0.1) is 12.3 Å². The van der Waals surface area contributed by atoms with Crippen molar-refractivity contribution in [1.82, 2.24) is 0 Å². The second-order valence-electron chi connectivity index (χ2n) is 9.06. The zero-order valence-electron chi connectivity index (χ0n) is 22.8. The van der Waals surface area contributed by atoms with Crippen molar-refractivity contribution >= 4 is 11.6 Å². The Morgan fingerprint density at radius 1 is 0.973 bits per heavy atom. The molecule has 0 fully saturated rings. The third-order valence-corrected chi connectivity index (χ3v) is 6.11. The summed E-state index contributed by atoms with van der Waals surface area (Å²) in [5, 5.41) is 3.40. The minimum atomic E-state index is -0.459. The van der Waals surface area contributed by atoms with Crippen molar-refractivity contribution in [3.63, 3.8) is 0 Å². The van der Waals surface area contributed by atoms with Crippen LogP contribution in [-0.2, 0) is 23.8 Å². The van der Waals surface area contributed by atoms with Gasteiger partial charge in [0.05, 0.1) is 7.11 Å². The Morgan fingerprint density at radius 2 is 1.62 bits per heavy atom. The van der Waals surface area contributed by atoms with Gasteiger partial charge in [0.2, 0.25) is 5.78 Å². The van der Waals surface area contributed by atoms with E-state index in [2.05, 4.69) is 28.9 Å². The van der Waals surface area contributed by atoms with Gasteiger partial charge in [0.15, 0.2) is 11.5 Å². The van der Waals surface area contributed by atoms with Crippen molar-refractivity contribution in [1.29, 1.82) is 0 Å². The molecule has 0 saturated heterocycles. The number of terminal acetylenes is 1. The number of rotatable bonds is 19. The number of hydrogen-bond donors (Lipinski definition) is 0. The summed E-state index contributed by atoms with van der Waals surface area (Å²) in [6.07, 6.45) is 17.8. The predicted molar refractivity (Wildman–Crippen MR) is 145 cm³/mol. The molecule has 37 heavy (non-hydrogen) atoms. The van der Waals surface area contributed by atoms with Crippen LogP contribution in [0.25, 0.3) is 10.4 Å². The Labute approximate surface area is 221 Å². The number of methoxy groups -OCH3 is 1. The summed E-state index contributed by atoms with van der Waals surface area (Å²) in [7, 11) is 1.28. The molecule has 0 heterocycles. The summed E-state index contributed by atoms with van der Waals surface area (Å²) in [6, 6.07) is 0. The number of hydrogen-bond acceptors (Lipinski definition) is 6. The van der Waals surface area contributed by atoms with Crippen molar-refractivity contribution in [3.05, 3.63) is 56.3 Å². The smallest absolute Gasteiger partial charge is 0.224 e. The van der Waals surface area contributed by atoms with E-state index < -0.39 is 11.6 Å². The van der Waals surface area contributed by atoms with Crippen molar-refractivity contribution < 1.29 is 23.8 Å². The number of azide groups is 1. The quantitative estimate of drug-likeness (QED) is 0.0365. The molecule has 0 unspecified atom stereocenters. The van der Waals surface area contributed by atoms with Gasteiger partial charge in [-0.2, -0.15) is 0 Å². The van der Waals surface area contributed by atoms with E-state index in [0.717, 1.165) is 76.8 Å². The largest absolute Gasteiger partial charge is 0.492 e. The lowest BCUT2D eigenvalue weighted by atomic mass is 9.89. The molecule has 0 aromatic carbocycles. The first kappa shape index (κ1) is 31.9. The van der Waals surface area contributed by atoms with E-state index in [1.54, 1.807) is 6.92 Å². The normalized spacial score (nSPS) is 14.7. The van der Waals surface area contributed by atoms with Gasteiger partial charge in [0.25, 0.3) is 0 Å². The van der Waals surface area contributed by atoms with Gasteiger partial charge < -0.3 is 14.2 Å². The van der Waals surface area contributed by atoms with Crippen molar-refractivity contribution in [2.24, 2.45) is 5.11 Å². The average Bonchev–Trinajstić information content (AvgIpc) is 2.88. The molecule has 0 radical (unpaired) electrons. The zero-order chi connectivity index (χ0) is 27.5. The van der Waals surface area contributed by atoms with Gasteiger partial charge in [-0.3, -0.25) is 9.59 Å². The molecule has 0 saturated carbocycles. The summed E-state index contributed by atoms with van der Waals surface area (Å²) in [4.78, 5) is 27.9. The monoisotopic (exact) mass is 511 g/mol. The molecule has 0 N–H and O–H groups in total. The first-order valence-corrected chi connectivity index (χ1v) is 12.9. The lowest BCUT2D eigenvalue weighted by Gasteiger charge is -2.18. The molecule has 0 aromatic rings. The van der Waals surface area contributed by atoms with Crippen LogP contribution >= 0.6 is 0 Å². The van der Waals surface area contributed by atoms with Crippen LogP contribution in [0.15, 0.2) is 51.0 Å². The van der Waals surface area contributed by atoms with Gasteiger partial charge in [0, 0.05) is 35.9 Å². The molecule has 0 spiro atoms. The maximum atomic E-state index is 12.7. The standard InChI is InChI=1S/C29H41N3O5/c1-6-18-36-19-9-7-8-10-20-37-21-12-15-22(2)13-11-14-23(3)16-17-25-24(4)27(33)29(35-5)26(28(25)34)31-32-30/h1,13,16H,7-12,14-15,17-21H2,2-5H3/b22-13+,23-16+. The number of ether oxygens (including phenoxy) is 3. The van der Waals surface area contributed by atoms with Crippen LogP contribution in [0.3, 0.4) is 0 Å². The fraction of sp³-hybridized carbons (Fsp3) is 0.586. The average molecular weight is 512 g/mol. The number of carbonyl (C=O) groups excluding carboxylic acids is 2. The Balaban J connectivity index is 2.31. The van der Waals surface area contributed by atoms with Gasteiger partial charge >= 0.3 is 0 Å². The number of unbranched alkanes of at least 4 members (excludes halogenated alkanes) is 3. The first-order chi connectivity index (χ1) is 17.9. The fourth-order valence-electron chi connectivity index (χ4n) is 3.88. The molecule has 0 aliphatic heterocycles. The van der Waals surface area contributed by atoms with Crippen LogP contribution in [0.5, 0.6) is 0 Å². The molecule has 202 valence electrons. The molecule has 1 aliphatic rings. The molecule has 8 nitrogen and oxygen atoms in total. The van der Waals surface area contributed by atoms with Crippen LogP contribution in [-0.4, -0.2) is 45.1 Å². The van der Waals surface area contributed by atoms with E-state index in [4.69, 9.17) is 26.2 Å². The highest BCUT2D eigenvalue weighted by Crippen LogP contribution is 2.28. The van der Waals surface area contributed by atoms with E-state index in [0.29, 0.717) is 24.2 Å². The number of allylic oxidation sites excluding steroid dienone is 6. The highest BCUT2D eigenvalue weighted by Gasteiger charge is 2.32. The molecule has 1 aliphatic carbocycles. The minimum Gasteiger partial charge on any atom is -0.492 e. The third-order valence-electron chi connectivity index (χ3n) is 6.11. The second kappa shape index (κ2) is 19.1. The van der Waals surface area contributed by atoms with Crippen molar-refractivity contribution in [3.8, 4) is 12.3 Å². The van der Waals surface area contributed by atoms with Crippen LogP contribution in [0.2, 0.25) is 0 Å². The van der Waals surface area contributed by atoms with Crippen LogP contribution < -0.4 is 0 Å². The molecule has 0 amide bonds. The molecular formula is C29H41N3O5. The second-order valence-corrected chi connectivity index (χ2v) is 9.06. The number of Topliss-reactive ketones (excluding diaryl/α,β-unsaturated/α-hetero) is 2. The van der Waals surface area contributed by atoms with Crippen LogP contribution in [0.4, 0.5) is 0 Å². The molecule has 8 heteroatoms. The lowest BCUT2D eigenvalue weighted by Crippen LogP contribution is -2.23. The highest BCUT2D eigenvalue weighted by atomic mass is 16.5. The van der Waals surface area contributed by atoms with Gasteiger partial charge in [-0.25, -0.2) is 0 Å². The number of nitrogens with zero attached hydrogens (tertiary/aromatic N) is 3. The lowest BCUT2D eigenvalue weighted by molar-refractivity contribution is -0.118. The number of ketones is 2. The summed E-state index contributed by atoms with van der Waals surface area (Å²) in [5.41, 5.74) is 11.6. The van der Waals surface area contributed by atoms with E-state index in [1.165, 1.54) is 12.7 Å². The maximum absolute atomic E-state index is 12.7. The molecular weight excluding hydrogens is 470 g/mol. The highest BCUT2D eigenvalue weighted by molar-refractivity contribution is 6.24. The first-order valence-electron chi connectivity index (χ1n) is 12.9. The van der Waals surface area contributed by atoms with Gasteiger partial charge in [-0.05, 0) is 71.2 Å². The minimum absolute atomic E-state index is 0.200. The Hall–Kier alpha value is -3.11. The van der Waals surface area contributed by atoms with E-state index in [-0.39, 0.29) is 11.5 Å². The molecule has 0 bridgehead atoms. The van der Waals surface area contributed by atoms with Gasteiger partial charge in [-0.1, -0.05) is 47.2 Å². The molecule has 0 aromatic heterocycles. The van der Waals surface area contributed by atoms with Crippen molar-refractivity contribution in [2.45, 2.75) is 78.6 Å². The van der Waals surface area contributed by atoms with E-state index in [1.807, 2.05) is 13.0 Å². The summed E-state index contributed by atoms with van der Waals surface area (Å²) in [6.45, 7) is 8.45. The zero-order valence-corrected chi connectivity index (χ0v) is 22.8. The topological polar surface area (TPSA) is 111 Å². The van der Waals surface area contributed by atoms with E-state index in [9.17, 15) is 9.59 Å². The van der Waals surface area contributed by atoms with Crippen molar-refractivity contribution in [2.75, 3.05) is 33.5 Å². The van der Waals surface area contributed by atoms with Gasteiger partial charge in [0.1, 0.15) is 12.3 Å². The summed E-state index contributed by atoms with van der Waals surface area (Å²) >= 11 is 0. The molecule has 1 rings (SSSR count). The SMILES string of the molecule is C#CCOCCCCCCOCCC/C(C)=C/CC/C(C)=C/CC1=C(C)C(=O)C(OC)=C(N=[N+]=[N-])C1=O. The third kappa shape index (κ3) is 12.1. The van der Waals surface area contributed by atoms with E-state index >= 15 is 0 Å². The summed E-state index contributed by atoms with van der Waals surface area (Å²) in [5.74, 6) is 1.38.